The van der Waals surface area contributed by atoms with Crippen molar-refractivity contribution < 1.29 is 24.2 Å². The lowest BCUT2D eigenvalue weighted by atomic mass is 9.82. The summed E-state index contributed by atoms with van der Waals surface area (Å²) in [7, 11) is 0. The van der Waals surface area contributed by atoms with Crippen molar-refractivity contribution in [3.8, 4) is 0 Å². The number of carboxylic acids is 1. The Morgan fingerprint density at radius 2 is 1.63 bits per heavy atom. The Kier molecular flexibility index (Phi) is 7.73. The molecule has 2 aromatic rings. The Morgan fingerprint density at radius 3 is 2.31 bits per heavy atom. The molecule has 0 radical (unpaired) electrons. The summed E-state index contributed by atoms with van der Waals surface area (Å²) in [6.45, 7) is 4.26. The van der Waals surface area contributed by atoms with Gasteiger partial charge < -0.3 is 25.4 Å². The number of ether oxygens (including phenoxy) is 1. The quantitative estimate of drug-likeness (QED) is 0.512. The average molecular weight is 498 g/mol. The van der Waals surface area contributed by atoms with Crippen LogP contribution >= 0.6 is 11.6 Å². The van der Waals surface area contributed by atoms with Gasteiger partial charge in [0.2, 0.25) is 5.91 Å². The molecule has 2 amide bonds. The molecule has 0 bridgehead atoms. The molecule has 3 N–H and O–H groups in total. The van der Waals surface area contributed by atoms with E-state index >= 15 is 0 Å². The van der Waals surface area contributed by atoms with Gasteiger partial charge in [-0.3, -0.25) is 14.4 Å². The number of amides is 2. The minimum atomic E-state index is -0.992. The van der Waals surface area contributed by atoms with Gasteiger partial charge in [-0.05, 0) is 55.7 Å². The second-order valence-electron chi connectivity index (χ2n) is 8.73. The summed E-state index contributed by atoms with van der Waals surface area (Å²) in [4.78, 5) is 40.0. The molecule has 1 aliphatic carbocycles. The number of halogens is 1. The molecule has 2 atom stereocenters. The lowest BCUT2D eigenvalue weighted by molar-refractivity contribution is -0.146. The number of morpholine rings is 1. The predicted molar refractivity (Wildman–Crippen MR) is 135 cm³/mol. The molecule has 1 aliphatic heterocycles. The van der Waals surface area contributed by atoms with E-state index in [2.05, 4.69) is 15.5 Å². The monoisotopic (exact) mass is 497 g/mol. The van der Waals surface area contributed by atoms with Crippen LogP contribution < -0.4 is 15.5 Å². The van der Waals surface area contributed by atoms with E-state index in [0.29, 0.717) is 61.1 Å². The number of carbonyl (C=O) groups is 3. The number of nitrogens with one attached hydrogen (secondary N) is 2. The lowest BCUT2D eigenvalue weighted by Gasteiger charge is -2.30. The van der Waals surface area contributed by atoms with E-state index in [4.69, 9.17) is 16.3 Å². The molecule has 9 heteroatoms. The van der Waals surface area contributed by atoms with Crippen LogP contribution in [0.25, 0.3) is 0 Å². The number of carboxylic acid groups (broad SMARTS) is 1. The van der Waals surface area contributed by atoms with Crippen LogP contribution in [0.1, 0.15) is 28.8 Å². The van der Waals surface area contributed by atoms with E-state index in [1.165, 1.54) is 0 Å². The highest BCUT2D eigenvalue weighted by atomic mass is 35.5. The summed E-state index contributed by atoms with van der Waals surface area (Å²) in [5, 5.41) is 15.8. The highest BCUT2D eigenvalue weighted by Gasteiger charge is 2.34. The number of hydrogen-bond donors (Lipinski definition) is 3. The first kappa shape index (κ1) is 24.8. The first-order valence-corrected chi connectivity index (χ1v) is 11.9. The van der Waals surface area contributed by atoms with Gasteiger partial charge in [0.05, 0.1) is 30.6 Å². The number of aliphatic carboxylic acids is 1. The van der Waals surface area contributed by atoms with Crippen LogP contribution in [0.4, 0.5) is 17.1 Å². The molecule has 4 rings (SSSR count). The summed E-state index contributed by atoms with van der Waals surface area (Å²) in [5.74, 6) is -3.16. The standard InChI is InChI=1S/C26H28ClN3O5/c1-16-6-7-18(15-22(16)27)29-25(32)21-14-17(8-9-23(21)30-10-12-35-13-11-30)28-24(31)19-4-2-3-5-20(19)26(33)34/h2-3,6-9,14-15,19-20H,4-5,10-13H2,1H3,(H,28,31)(H,29,32)(H,33,34)/t19-,20-/m1/s1. The Balaban J connectivity index is 1.60. The third-order valence-electron chi connectivity index (χ3n) is 6.38. The fraction of sp³-hybridized carbons (Fsp3) is 0.346. The van der Waals surface area contributed by atoms with Gasteiger partial charge in [0.25, 0.3) is 5.91 Å². The van der Waals surface area contributed by atoms with Crippen LogP contribution in [0.15, 0.2) is 48.6 Å². The molecule has 2 aliphatic rings. The molecule has 0 aromatic heterocycles. The molecular weight excluding hydrogens is 470 g/mol. The summed E-state index contributed by atoms with van der Waals surface area (Å²) < 4.78 is 5.45. The summed E-state index contributed by atoms with van der Waals surface area (Å²) >= 11 is 6.22. The Bertz CT molecular complexity index is 1160. The van der Waals surface area contributed by atoms with Gasteiger partial charge in [-0.1, -0.05) is 29.8 Å². The van der Waals surface area contributed by atoms with E-state index in [9.17, 15) is 19.5 Å². The van der Waals surface area contributed by atoms with Crippen molar-refractivity contribution >= 4 is 46.4 Å². The molecular formula is C26H28ClN3O5. The topological polar surface area (TPSA) is 108 Å². The molecule has 8 nitrogen and oxygen atoms in total. The Morgan fingerprint density at radius 1 is 0.971 bits per heavy atom. The van der Waals surface area contributed by atoms with Gasteiger partial charge in [-0.2, -0.15) is 0 Å². The van der Waals surface area contributed by atoms with Gasteiger partial charge >= 0.3 is 5.97 Å². The largest absolute Gasteiger partial charge is 0.481 e. The Hall–Kier alpha value is -3.36. The number of carbonyl (C=O) groups excluding carboxylic acids is 2. The number of rotatable bonds is 6. The zero-order valence-electron chi connectivity index (χ0n) is 19.4. The molecule has 1 heterocycles. The number of hydrogen-bond acceptors (Lipinski definition) is 5. The smallest absolute Gasteiger partial charge is 0.307 e. The molecule has 1 fully saturated rings. The van der Waals surface area contributed by atoms with E-state index in [0.717, 1.165) is 11.3 Å². The van der Waals surface area contributed by atoms with Crippen molar-refractivity contribution in [3.63, 3.8) is 0 Å². The van der Waals surface area contributed by atoms with Crippen molar-refractivity contribution in [3.05, 3.63) is 64.7 Å². The number of nitrogens with zero attached hydrogens (tertiary/aromatic N) is 1. The first-order valence-electron chi connectivity index (χ1n) is 11.6. The minimum Gasteiger partial charge on any atom is -0.481 e. The van der Waals surface area contributed by atoms with Crippen molar-refractivity contribution in [1.29, 1.82) is 0 Å². The van der Waals surface area contributed by atoms with Crippen LogP contribution in [0.3, 0.4) is 0 Å². The van der Waals surface area contributed by atoms with E-state index in [1.807, 2.05) is 19.1 Å². The van der Waals surface area contributed by atoms with Crippen LogP contribution in [-0.4, -0.2) is 49.2 Å². The van der Waals surface area contributed by atoms with Crippen LogP contribution in [0.2, 0.25) is 5.02 Å². The van der Waals surface area contributed by atoms with Gasteiger partial charge in [0.15, 0.2) is 0 Å². The maximum atomic E-state index is 13.3. The molecule has 1 saturated heterocycles. The molecule has 0 saturated carbocycles. The fourth-order valence-electron chi connectivity index (χ4n) is 4.36. The van der Waals surface area contributed by atoms with E-state index < -0.39 is 17.8 Å². The normalized spacial score (nSPS) is 19.8. The Labute approximate surface area is 208 Å². The zero-order valence-corrected chi connectivity index (χ0v) is 20.2. The van der Waals surface area contributed by atoms with Crippen molar-refractivity contribution in [1.82, 2.24) is 0 Å². The number of allylic oxidation sites excluding steroid dienone is 2. The third-order valence-corrected chi connectivity index (χ3v) is 6.78. The summed E-state index contributed by atoms with van der Waals surface area (Å²) in [6.07, 6.45) is 4.29. The summed E-state index contributed by atoms with van der Waals surface area (Å²) in [5.41, 5.74) is 3.01. The van der Waals surface area contributed by atoms with Gasteiger partial charge in [-0.25, -0.2) is 0 Å². The predicted octanol–water partition coefficient (Wildman–Crippen LogP) is 4.34. The fourth-order valence-corrected chi connectivity index (χ4v) is 4.54. The first-order chi connectivity index (χ1) is 16.8. The van der Waals surface area contributed by atoms with Crippen molar-refractivity contribution in [2.75, 3.05) is 41.8 Å². The van der Waals surface area contributed by atoms with Gasteiger partial charge in [0, 0.05) is 35.2 Å². The maximum Gasteiger partial charge on any atom is 0.307 e. The zero-order chi connectivity index (χ0) is 24.9. The molecule has 0 unspecified atom stereocenters. The number of benzene rings is 2. The van der Waals surface area contributed by atoms with Gasteiger partial charge in [-0.15, -0.1) is 0 Å². The average Bonchev–Trinajstić information content (AvgIpc) is 2.86. The third kappa shape index (κ3) is 5.83. The van der Waals surface area contributed by atoms with E-state index in [1.54, 1.807) is 36.4 Å². The lowest BCUT2D eigenvalue weighted by Crippen LogP contribution is -2.37. The molecule has 184 valence electrons. The van der Waals surface area contributed by atoms with Crippen molar-refractivity contribution in [2.45, 2.75) is 19.8 Å². The van der Waals surface area contributed by atoms with Crippen molar-refractivity contribution in [2.24, 2.45) is 11.8 Å². The number of aryl methyl sites for hydroxylation is 1. The SMILES string of the molecule is Cc1ccc(NC(=O)c2cc(NC(=O)[C@@H]3CC=CC[C@H]3C(=O)O)ccc2N2CCOCC2)cc1Cl. The summed E-state index contributed by atoms with van der Waals surface area (Å²) in [6, 6.07) is 10.5. The highest BCUT2D eigenvalue weighted by molar-refractivity contribution is 6.31. The second kappa shape index (κ2) is 10.9. The van der Waals surface area contributed by atoms with Crippen LogP contribution in [-0.2, 0) is 14.3 Å². The van der Waals surface area contributed by atoms with Gasteiger partial charge in [0.1, 0.15) is 0 Å². The minimum absolute atomic E-state index is 0.316. The number of anilines is 3. The molecule has 0 spiro atoms. The molecule has 35 heavy (non-hydrogen) atoms. The van der Waals surface area contributed by atoms with Crippen LogP contribution in [0.5, 0.6) is 0 Å². The second-order valence-corrected chi connectivity index (χ2v) is 9.14. The van der Waals surface area contributed by atoms with Crippen LogP contribution in [0, 0.1) is 18.8 Å². The maximum absolute atomic E-state index is 13.3. The van der Waals surface area contributed by atoms with E-state index in [-0.39, 0.29) is 11.8 Å². The highest BCUT2D eigenvalue weighted by Crippen LogP contribution is 2.30. The molecule has 2 aromatic carbocycles.